The first-order valence-corrected chi connectivity index (χ1v) is 11.3. The van der Waals surface area contributed by atoms with E-state index < -0.39 is 0 Å². The van der Waals surface area contributed by atoms with Crippen LogP contribution < -0.4 is 4.74 Å². The zero-order valence-electron chi connectivity index (χ0n) is 15.7. The number of likely N-dealkylation sites (tertiary alicyclic amines) is 1. The second-order valence-corrected chi connectivity index (χ2v) is 10.4. The molecule has 2 aromatic rings. The lowest BCUT2D eigenvalue weighted by molar-refractivity contribution is -0.152. The van der Waals surface area contributed by atoms with Crippen molar-refractivity contribution in [2.24, 2.45) is 5.10 Å². The van der Waals surface area contributed by atoms with Crippen molar-refractivity contribution in [1.82, 2.24) is 9.91 Å². The van der Waals surface area contributed by atoms with Crippen molar-refractivity contribution < 1.29 is 4.74 Å². The normalized spacial score (nSPS) is 23.9. The van der Waals surface area contributed by atoms with Crippen LogP contribution in [-0.4, -0.2) is 40.5 Å². The second kappa shape index (κ2) is 6.61. The molecule has 1 spiro atoms. The maximum Gasteiger partial charge on any atom is 0.200 e. The van der Waals surface area contributed by atoms with Crippen LogP contribution in [0.1, 0.15) is 49.6 Å². The molecule has 0 bridgehead atoms. The Morgan fingerprint density at radius 2 is 1.96 bits per heavy atom. The minimum absolute atomic E-state index is 0.274. The summed E-state index contributed by atoms with van der Waals surface area (Å²) in [6.07, 6.45) is 2.92. The number of fused-ring (bicyclic) bond motifs is 4. The van der Waals surface area contributed by atoms with E-state index in [0.29, 0.717) is 6.04 Å². The van der Waals surface area contributed by atoms with E-state index in [4.69, 9.17) is 9.84 Å². The number of rotatable bonds is 2. The standard InChI is InChI=1S/C21H24BrN3OS/c1-14(2)24-11-9-21(10-12-24)25-17(15-5-3-4-6-18(15)26-21)13-16(23-25)19-7-8-20(22)27-19/h3-8,14,17H,9-13H2,1-2H3/t17-/m0/s1. The molecular weight excluding hydrogens is 422 g/mol. The van der Waals surface area contributed by atoms with Crippen molar-refractivity contribution in [2.45, 2.75) is 50.9 Å². The van der Waals surface area contributed by atoms with E-state index >= 15 is 0 Å². The van der Waals surface area contributed by atoms with Crippen LogP contribution in [0.5, 0.6) is 5.75 Å². The molecule has 6 heteroatoms. The summed E-state index contributed by atoms with van der Waals surface area (Å²) in [5.74, 6) is 1.04. The molecule has 3 aliphatic heterocycles. The third-order valence-corrected chi connectivity index (χ3v) is 7.75. The Kier molecular flexibility index (Phi) is 4.33. The minimum atomic E-state index is -0.319. The third-order valence-electron chi connectivity index (χ3n) is 6.07. The number of hydrogen-bond acceptors (Lipinski definition) is 5. The number of thiophene rings is 1. The van der Waals surface area contributed by atoms with Crippen LogP contribution in [0, 0.1) is 0 Å². The van der Waals surface area contributed by atoms with E-state index in [1.54, 1.807) is 11.3 Å². The van der Waals surface area contributed by atoms with Gasteiger partial charge in [-0.05, 0) is 48.0 Å². The molecule has 0 amide bonds. The van der Waals surface area contributed by atoms with Crippen LogP contribution in [0.15, 0.2) is 45.3 Å². The van der Waals surface area contributed by atoms with Gasteiger partial charge in [0.2, 0.25) is 5.72 Å². The van der Waals surface area contributed by atoms with Crippen LogP contribution in [0.4, 0.5) is 0 Å². The summed E-state index contributed by atoms with van der Waals surface area (Å²) in [6.45, 7) is 6.66. The predicted molar refractivity (Wildman–Crippen MR) is 113 cm³/mol. The summed E-state index contributed by atoms with van der Waals surface area (Å²) < 4.78 is 7.83. The number of hydrazone groups is 1. The van der Waals surface area contributed by atoms with Crippen molar-refractivity contribution in [1.29, 1.82) is 0 Å². The predicted octanol–water partition coefficient (Wildman–Crippen LogP) is 5.25. The first-order valence-electron chi connectivity index (χ1n) is 9.70. The Morgan fingerprint density at radius 3 is 2.67 bits per heavy atom. The quantitative estimate of drug-likeness (QED) is 0.631. The van der Waals surface area contributed by atoms with Gasteiger partial charge in [-0.2, -0.15) is 5.10 Å². The van der Waals surface area contributed by atoms with Gasteiger partial charge in [0, 0.05) is 44.0 Å². The number of piperidine rings is 1. The van der Waals surface area contributed by atoms with Crippen molar-refractivity contribution in [3.8, 4) is 5.75 Å². The average molecular weight is 446 g/mol. The summed E-state index contributed by atoms with van der Waals surface area (Å²) in [4.78, 5) is 3.80. The molecule has 0 unspecified atom stereocenters. The molecule has 4 heterocycles. The van der Waals surface area contributed by atoms with Gasteiger partial charge in [-0.1, -0.05) is 18.2 Å². The topological polar surface area (TPSA) is 28.1 Å². The molecule has 5 rings (SSSR count). The first kappa shape index (κ1) is 17.7. The molecule has 4 nitrogen and oxygen atoms in total. The van der Waals surface area contributed by atoms with E-state index in [9.17, 15) is 0 Å². The average Bonchev–Trinajstić information content (AvgIpc) is 3.29. The highest BCUT2D eigenvalue weighted by Crippen LogP contribution is 2.50. The molecule has 1 aromatic carbocycles. The SMILES string of the molecule is CC(C)N1CCC2(CC1)Oc1ccccc1[C@@H]1CC(c3ccc(Br)s3)=NN12. The number of ether oxygens (including phenoxy) is 1. The molecule has 1 saturated heterocycles. The highest BCUT2D eigenvalue weighted by atomic mass is 79.9. The van der Waals surface area contributed by atoms with Gasteiger partial charge in [0.05, 0.1) is 20.4 Å². The Bertz CT molecular complexity index is 885. The summed E-state index contributed by atoms with van der Waals surface area (Å²) in [5, 5.41) is 7.44. The van der Waals surface area contributed by atoms with Crippen molar-refractivity contribution in [3.63, 3.8) is 0 Å². The van der Waals surface area contributed by atoms with Gasteiger partial charge in [0.25, 0.3) is 0 Å². The zero-order valence-corrected chi connectivity index (χ0v) is 18.1. The van der Waals surface area contributed by atoms with Crippen LogP contribution in [0.3, 0.4) is 0 Å². The van der Waals surface area contributed by atoms with Crippen LogP contribution in [-0.2, 0) is 0 Å². The molecule has 0 saturated carbocycles. The summed E-state index contributed by atoms with van der Waals surface area (Å²) in [6, 6.07) is 13.7. The number of nitrogens with zero attached hydrogens (tertiary/aromatic N) is 3. The van der Waals surface area contributed by atoms with Gasteiger partial charge in [-0.15, -0.1) is 11.3 Å². The highest BCUT2D eigenvalue weighted by molar-refractivity contribution is 9.11. The third kappa shape index (κ3) is 2.93. The minimum Gasteiger partial charge on any atom is -0.466 e. The highest BCUT2D eigenvalue weighted by Gasteiger charge is 2.51. The second-order valence-electron chi connectivity index (χ2n) is 7.93. The molecule has 142 valence electrons. The van der Waals surface area contributed by atoms with E-state index in [-0.39, 0.29) is 11.8 Å². The number of halogens is 1. The summed E-state index contributed by atoms with van der Waals surface area (Å²) in [7, 11) is 0. The molecule has 0 radical (unpaired) electrons. The molecule has 3 aliphatic rings. The van der Waals surface area contributed by atoms with Crippen molar-refractivity contribution >= 4 is 33.0 Å². The number of para-hydroxylation sites is 1. The summed E-state index contributed by atoms with van der Waals surface area (Å²) in [5.41, 5.74) is 2.13. The van der Waals surface area contributed by atoms with Gasteiger partial charge in [0.1, 0.15) is 5.75 Å². The van der Waals surface area contributed by atoms with E-state index in [2.05, 4.69) is 76.1 Å². The van der Waals surface area contributed by atoms with Crippen LogP contribution >= 0.6 is 27.3 Å². The van der Waals surface area contributed by atoms with Gasteiger partial charge in [0.15, 0.2) is 0 Å². The fourth-order valence-electron chi connectivity index (χ4n) is 4.57. The van der Waals surface area contributed by atoms with E-state index in [1.165, 1.54) is 16.2 Å². The van der Waals surface area contributed by atoms with E-state index in [1.807, 2.05) is 0 Å². The lowest BCUT2D eigenvalue weighted by Crippen LogP contribution is -2.59. The van der Waals surface area contributed by atoms with Crippen molar-refractivity contribution in [2.75, 3.05) is 13.1 Å². The first-order chi connectivity index (χ1) is 13.1. The van der Waals surface area contributed by atoms with Crippen LogP contribution in [0.2, 0.25) is 0 Å². The number of hydrogen-bond donors (Lipinski definition) is 0. The Balaban J connectivity index is 1.53. The van der Waals surface area contributed by atoms with Gasteiger partial charge < -0.3 is 9.64 Å². The van der Waals surface area contributed by atoms with Gasteiger partial charge >= 0.3 is 0 Å². The molecule has 1 fully saturated rings. The maximum atomic E-state index is 6.68. The molecular formula is C21H24BrN3OS. The Morgan fingerprint density at radius 1 is 1.19 bits per heavy atom. The Labute approximate surface area is 172 Å². The molecule has 1 atom stereocenters. The lowest BCUT2D eigenvalue weighted by Gasteiger charge is -2.51. The van der Waals surface area contributed by atoms with Gasteiger partial charge in [-0.3, -0.25) is 0 Å². The number of benzene rings is 1. The summed E-state index contributed by atoms with van der Waals surface area (Å²) >= 11 is 5.35. The molecule has 0 N–H and O–H groups in total. The smallest absolute Gasteiger partial charge is 0.200 e. The largest absolute Gasteiger partial charge is 0.466 e. The fraction of sp³-hybridized carbons (Fsp3) is 0.476. The van der Waals surface area contributed by atoms with Gasteiger partial charge in [-0.25, -0.2) is 5.01 Å². The maximum absolute atomic E-state index is 6.68. The molecule has 1 aromatic heterocycles. The zero-order chi connectivity index (χ0) is 18.6. The van der Waals surface area contributed by atoms with Crippen LogP contribution in [0.25, 0.3) is 0 Å². The van der Waals surface area contributed by atoms with Crippen molar-refractivity contribution in [3.05, 3.63) is 50.6 Å². The Hall–Kier alpha value is -1.37. The lowest BCUT2D eigenvalue weighted by atomic mass is 9.91. The van der Waals surface area contributed by atoms with E-state index in [0.717, 1.165) is 41.9 Å². The fourth-order valence-corrected chi connectivity index (χ4v) is 5.95. The molecule has 0 aliphatic carbocycles. The monoisotopic (exact) mass is 445 g/mol. The molecule has 27 heavy (non-hydrogen) atoms.